The molecule has 1 aromatic rings. The molecule has 0 radical (unpaired) electrons. The molecule has 0 N–H and O–H groups in total. The predicted octanol–water partition coefficient (Wildman–Crippen LogP) is 1.62. The summed E-state index contributed by atoms with van der Waals surface area (Å²) in [6, 6.07) is 5.50. The van der Waals surface area contributed by atoms with Gasteiger partial charge in [0, 0.05) is 26.2 Å². The zero-order valence-electron chi connectivity index (χ0n) is 15.8. The molecule has 2 fully saturated rings. The summed E-state index contributed by atoms with van der Waals surface area (Å²) in [5, 5.41) is 0. The fourth-order valence-electron chi connectivity index (χ4n) is 3.71. The Balaban J connectivity index is 1.60. The van der Waals surface area contributed by atoms with Gasteiger partial charge in [0.25, 0.3) is 0 Å². The highest BCUT2D eigenvalue weighted by molar-refractivity contribution is 7.89. The molecule has 0 spiro atoms. The average Bonchev–Trinajstić information content (AvgIpc) is 2.64. The predicted molar refractivity (Wildman–Crippen MR) is 102 cm³/mol. The van der Waals surface area contributed by atoms with E-state index < -0.39 is 10.0 Å². The first-order valence-electron chi connectivity index (χ1n) is 9.45. The van der Waals surface area contributed by atoms with Crippen LogP contribution in [-0.2, 0) is 14.8 Å². The van der Waals surface area contributed by atoms with E-state index in [2.05, 4.69) is 4.90 Å². The van der Waals surface area contributed by atoms with E-state index in [1.165, 1.54) is 10.7 Å². The summed E-state index contributed by atoms with van der Waals surface area (Å²) in [5.74, 6) is 0.121. The zero-order valence-corrected chi connectivity index (χ0v) is 16.6. The largest absolute Gasteiger partial charge is 0.339 e. The summed E-state index contributed by atoms with van der Waals surface area (Å²) in [6.45, 7) is 7.83. The van der Waals surface area contributed by atoms with Gasteiger partial charge < -0.3 is 4.90 Å². The van der Waals surface area contributed by atoms with Gasteiger partial charge >= 0.3 is 0 Å². The third kappa shape index (κ3) is 4.27. The van der Waals surface area contributed by atoms with Gasteiger partial charge in [-0.1, -0.05) is 18.6 Å². The Kier molecular flexibility index (Phi) is 5.99. The standard InChI is InChI=1S/C19H29N3O3S/c1-16-6-7-17(2)18(14-16)26(24,25)22-12-10-21(11-13-22)19(23)15-20-8-4-3-5-9-20/h6-7,14H,3-5,8-13,15H2,1-2H3. The number of piperazine rings is 1. The molecule has 0 unspecified atom stereocenters. The molecule has 2 saturated heterocycles. The lowest BCUT2D eigenvalue weighted by molar-refractivity contribution is -0.133. The number of hydrogen-bond acceptors (Lipinski definition) is 4. The van der Waals surface area contributed by atoms with Crippen molar-refractivity contribution in [3.63, 3.8) is 0 Å². The van der Waals surface area contributed by atoms with Gasteiger partial charge in [-0.15, -0.1) is 0 Å². The van der Waals surface area contributed by atoms with E-state index in [0.29, 0.717) is 37.6 Å². The molecule has 144 valence electrons. The molecular weight excluding hydrogens is 350 g/mol. The van der Waals surface area contributed by atoms with Crippen LogP contribution in [0.3, 0.4) is 0 Å². The van der Waals surface area contributed by atoms with Crippen LogP contribution >= 0.6 is 0 Å². The minimum absolute atomic E-state index is 0.121. The molecule has 3 rings (SSSR count). The SMILES string of the molecule is Cc1ccc(C)c(S(=O)(=O)N2CCN(C(=O)CN3CCCCC3)CC2)c1. The second-order valence-corrected chi connectivity index (χ2v) is 9.30. The Bertz CT molecular complexity index is 749. The van der Waals surface area contributed by atoms with Crippen LogP contribution in [0.1, 0.15) is 30.4 Å². The fourth-order valence-corrected chi connectivity index (χ4v) is 5.44. The summed E-state index contributed by atoms with van der Waals surface area (Å²) >= 11 is 0. The van der Waals surface area contributed by atoms with Crippen LogP contribution in [0.4, 0.5) is 0 Å². The quantitative estimate of drug-likeness (QED) is 0.798. The molecule has 26 heavy (non-hydrogen) atoms. The number of hydrogen-bond donors (Lipinski definition) is 0. The Hall–Kier alpha value is -1.44. The van der Waals surface area contributed by atoms with Crippen LogP contribution < -0.4 is 0 Å². The zero-order chi connectivity index (χ0) is 18.7. The maximum Gasteiger partial charge on any atom is 0.243 e. The second-order valence-electron chi connectivity index (χ2n) is 7.39. The summed E-state index contributed by atoms with van der Waals surface area (Å²) in [6.07, 6.45) is 3.57. The molecule has 2 aliphatic heterocycles. The summed E-state index contributed by atoms with van der Waals surface area (Å²) < 4.78 is 27.4. The van der Waals surface area contributed by atoms with Crippen molar-refractivity contribution in [1.29, 1.82) is 0 Å². The highest BCUT2D eigenvalue weighted by Crippen LogP contribution is 2.22. The smallest absolute Gasteiger partial charge is 0.243 e. The van der Waals surface area contributed by atoms with E-state index >= 15 is 0 Å². The van der Waals surface area contributed by atoms with E-state index in [1.807, 2.05) is 30.9 Å². The molecule has 1 aromatic carbocycles. The molecule has 6 nitrogen and oxygen atoms in total. The summed E-state index contributed by atoms with van der Waals surface area (Å²) in [7, 11) is -3.51. The minimum atomic E-state index is -3.51. The monoisotopic (exact) mass is 379 g/mol. The first kappa shape index (κ1) is 19.3. The van der Waals surface area contributed by atoms with Crippen molar-refractivity contribution < 1.29 is 13.2 Å². The molecule has 0 saturated carbocycles. The lowest BCUT2D eigenvalue weighted by Crippen LogP contribution is -2.52. The number of aryl methyl sites for hydroxylation is 2. The lowest BCUT2D eigenvalue weighted by Gasteiger charge is -2.36. The third-order valence-corrected chi connectivity index (χ3v) is 7.40. The number of piperidine rings is 1. The van der Waals surface area contributed by atoms with Crippen molar-refractivity contribution in [2.75, 3.05) is 45.8 Å². The van der Waals surface area contributed by atoms with E-state index in [9.17, 15) is 13.2 Å². The highest BCUT2D eigenvalue weighted by atomic mass is 32.2. The van der Waals surface area contributed by atoms with E-state index in [4.69, 9.17) is 0 Å². The number of rotatable bonds is 4. The normalized spacial score (nSPS) is 20.3. The lowest BCUT2D eigenvalue weighted by atomic mass is 10.1. The molecule has 0 bridgehead atoms. The van der Waals surface area contributed by atoms with Crippen LogP contribution in [0.15, 0.2) is 23.1 Å². The highest BCUT2D eigenvalue weighted by Gasteiger charge is 2.31. The average molecular weight is 380 g/mol. The van der Waals surface area contributed by atoms with Crippen molar-refractivity contribution in [3.05, 3.63) is 29.3 Å². The molecular formula is C19H29N3O3S. The van der Waals surface area contributed by atoms with Gasteiger partial charge in [-0.2, -0.15) is 4.31 Å². The van der Waals surface area contributed by atoms with Crippen molar-refractivity contribution in [1.82, 2.24) is 14.1 Å². The van der Waals surface area contributed by atoms with Gasteiger partial charge in [-0.25, -0.2) is 8.42 Å². The summed E-state index contributed by atoms with van der Waals surface area (Å²) in [4.78, 5) is 16.9. The van der Waals surface area contributed by atoms with Gasteiger partial charge in [0.1, 0.15) is 0 Å². The molecule has 0 atom stereocenters. The van der Waals surface area contributed by atoms with Gasteiger partial charge in [0.2, 0.25) is 15.9 Å². The van der Waals surface area contributed by atoms with Crippen molar-refractivity contribution in [3.8, 4) is 0 Å². The van der Waals surface area contributed by atoms with Crippen molar-refractivity contribution >= 4 is 15.9 Å². The molecule has 2 aliphatic rings. The number of nitrogens with zero attached hydrogens (tertiary/aromatic N) is 3. The third-order valence-electron chi connectivity index (χ3n) is 5.36. The maximum absolute atomic E-state index is 13.0. The minimum Gasteiger partial charge on any atom is -0.339 e. The first-order valence-corrected chi connectivity index (χ1v) is 10.9. The van der Waals surface area contributed by atoms with Crippen molar-refractivity contribution in [2.24, 2.45) is 0 Å². The van der Waals surface area contributed by atoms with Crippen LogP contribution in [0, 0.1) is 13.8 Å². The number of sulfonamides is 1. The molecule has 0 aliphatic carbocycles. The Labute approximate surface area is 156 Å². The number of benzene rings is 1. The number of likely N-dealkylation sites (tertiary alicyclic amines) is 1. The van der Waals surface area contributed by atoms with Crippen LogP contribution in [0.2, 0.25) is 0 Å². The van der Waals surface area contributed by atoms with E-state index in [1.54, 1.807) is 6.07 Å². The number of carbonyl (C=O) groups is 1. The van der Waals surface area contributed by atoms with Gasteiger partial charge in [-0.05, 0) is 57.0 Å². The van der Waals surface area contributed by atoms with Gasteiger partial charge in [0.15, 0.2) is 0 Å². The number of carbonyl (C=O) groups excluding carboxylic acids is 1. The van der Waals surface area contributed by atoms with E-state index in [-0.39, 0.29) is 5.91 Å². The number of amides is 1. The van der Waals surface area contributed by atoms with Crippen LogP contribution in [-0.4, -0.2) is 74.2 Å². The second kappa shape index (κ2) is 8.06. The Morgan fingerprint density at radius 1 is 0.962 bits per heavy atom. The fraction of sp³-hybridized carbons (Fsp3) is 0.632. The van der Waals surface area contributed by atoms with Crippen molar-refractivity contribution in [2.45, 2.75) is 38.0 Å². The maximum atomic E-state index is 13.0. The molecule has 7 heteroatoms. The van der Waals surface area contributed by atoms with Crippen LogP contribution in [0.25, 0.3) is 0 Å². The summed E-state index contributed by atoms with van der Waals surface area (Å²) in [5.41, 5.74) is 1.70. The first-order chi connectivity index (χ1) is 12.4. The molecule has 1 amide bonds. The van der Waals surface area contributed by atoms with Gasteiger partial charge in [0.05, 0.1) is 11.4 Å². The Morgan fingerprint density at radius 3 is 2.27 bits per heavy atom. The topological polar surface area (TPSA) is 60.9 Å². The van der Waals surface area contributed by atoms with Crippen LogP contribution in [0.5, 0.6) is 0 Å². The Morgan fingerprint density at radius 2 is 1.62 bits per heavy atom. The van der Waals surface area contributed by atoms with E-state index in [0.717, 1.165) is 37.1 Å². The van der Waals surface area contributed by atoms with Gasteiger partial charge in [-0.3, -0.25) is 9.69 Å². The molecule has 2 heterocycles. The molecule has 0 aromatic heterocycles.